The summed E-state index contributed by atoms with van der Waals surface area (Å²) in [5, 5.41) is 2.85. The molecule has 0 fully saturated rings. The summed E-state index contributed by atoms with van der Waals surface area (Å²) in [7, 11) is 0. The van der Waals surface area contributed by atoms with Crippen LogP contribution in [0.15, 0.2) is 18.4 Å². The second-order valence-electron chi connectivity index (χ2n) is 7.48. The molecule has 0 bridgehead atoms. The Balaban J connectivity index is 2.05. The Morgan fingerprint density at radius 1 is 1.32 bits per heavy atom. The molecule has 1 atom stereocenters. The predicted octanol–water partition coefficient (Wildman–Crippen LogP) is 2.73. The molecule has 3 aliphatic rings. The minimum absolute atomic E-state index is 0.650. The summed E-state index contributed by atoms with van der Waals surface area (Å²) in [4.78, 5) is 0. The number of rotatable bonds is 2. The van der Waals surface area contributed by atoms with Crippen LogP contribution in [0.5, 0.6) is 5.75 Å². The van der Waals surface area contributed by atoms with Gasteiger partial charge in [-0.05, 0) is 43.4 Å². The van der Waals surface area contributed by atoms with Gasteiger partial charge in [-0.3, -0.25) is 0 Å². The molecule has 1 aromatic carbocycles. The molecule has 0 aliphatic carbocycles. The van der Waals surface area contributed by atoms with Crippen molar-refractivity contribution in [1.82, 2.24) is 4.58 Å². The van der Waals surface area contributed by atoms with Gasteiger partial charge in [0, 0.05) is 29.5 Å². The second kappa shape index (κ2) is 5.26. The van der Waals surface area contributed by atoms with Crippen molar-refractivity contribution < 1.29 is 4.74 Å². The van der Waals surface area contributed by atoms with Gasteiger partial charge in [-0.15, -0.1) is 0 Å². The Morgan fingerprint density at radius 3 is 3.00 bits per heavy atom. The van der Waals surface area contributed by atoms with Crippen LogP contribution in [0.1, 0.15) is 57.1 Å². The van der Waals surface area contributed by atoms with Crippen molar-refractivity contribution in [3.8, 4) is 5.75 Å². The lowest BCUT2D eigenvalue weighted by Gasteiger charge is -2.28. The third kappa shape index (κ3) is 2.12. The first kappa shape index (κ1) is 14.0. The van der Waals surface area contributed by atoms with Gasteiger partial charge in [0.25, 0.3) is 0 Å². The molecule has 1 aromatic rings. The second-order valence-corrected chi connectivity index (χ2v) is 7.48. The van der Waals surface area contributed by atoms with Gasteiger partial charge in [-0.1, -0.05) is 13.8 Å². The molecule has 116 valence electrons. The van der Waals surface area contributed by atoms with Crippen LogP contribution in [0.4, 0.5) is 0 Å². The van der Waals surface area contributed by atoms with Gasteiger partial charge in [0.2, 0.25) is 5.36 Å². The monoisotopic (exact) mass is 296 g/mol. The number of hydrogen-bond acceptors (Lipinski definition) is 1. The van der Waals surface area contributed by atoms with E-state index in [4.69, 9.17) is 4.74 Å². The van der Waals surface area contributed by atoms with Crippen LogP contribution in [0.3, 0.4) is 0 Å². The quantitative estimate of drug-likeness (QED) is 0.764. The van der Waals surface area contributed by atoms with Crippen LogP contribution in [-0.2, 0) is 6.42 Å². The van der Waals surface area contributed by atoms with Crippen molar-refractivity contribution in [3.05, 3.63) is 40.1 Å². The van der Waals surface area contributed by atoms with E-state index in [-0.39, 0.29) is 0 Å². The Labute approximate surface area is 132 Å². The zero-order valence-corrected chi connectivity index (χ0v) is 14.0. The van der Waals surface area contributed by atoms with Gasteiger partial charge in [-0.25, -0.2) is 4.58 Å². The van der Waals surface area contributed by atoms with Crippen LogP contribution in [0.25, 0.3) is 5.57 Å². The Morgan fingerprint density at radius 2 is 2.18 bits per heavy atom. The average molecular weight is 296 g/mol. The molecule has 3 heterocycles. The number of allylic oxidation sites excluding steroid dienone is 1. The number of hydrogen-bond donors (Lipinski definition) is 0. The van der Waals surface area contributed by atoms with Gasteiger partial charge in [0.15, 0.2) is 0 Å². The van der Waals surface area contributed by atoms with Crippen LogP contribution in [0.2, 0.25) is 0 Å². The molecule has 22 heavy (non-hydrogen) atoms. The maximum Gasteiger partial charge on any atom is 0.210 e. The molecule has 0 radical (unpaired) electrons. The van der Waals surface area contributed by atoms with Crippen molar-refractivity contribution in [2.24, 2.45) is 5.92 Å². The lowest BCUT2D eigenvalue weighted by atomic mass is 9.81. The molecule has 1 unspecified atom stereocenters. The van der Waals surface area contributed by atoms with Crippen LogP contribution < -0.4 is 19.9 Å². The Bertz CT molecular complexity index is 770. The summed E-state index contributed by atoms with van der Waals surface area (Å²) in [6.07, 6.45) is 9.01. The highest BCUT2D eigenvalue weighted by molar-refractivity contribution is 5.61. The number of benzene rings is 1. The Kier molecular flexibility index (Phi) is 3.36. The minimum atomic E-state index is 0.650. The van der Waals surface area contributed by atoms with E-state index in [0.29, 0.717) is 5.92 Å². The van der Waals surface area contributed by atoms with Crippen molar-refractivity contribution in [2.45, 2.75) is 52.4 Å². The van der Waals surface area contributed by atoms with Crippen molar-refractivity contribution in [2.75, 3.05) is 13.1 Å². The van der Waals surface area contributed by atoms with E-state index < -0.39 is 0 Å². The Hall–Kier alpha value is -1.57. The van der Waals surface area contributed by atoms with Crippen LogP contribution >= 0.6 is 0 Å². The number of nitrogens with zero attached hydrogens (tertiary/aromatic N) is 1. The standard InChI is InChI=1S/C20H26NO/c1-13(2)11-15-6-9-21-8-4-5-16-12-17-14(3)7-10-22-20(17)18(15)19(16)21/h7,10,12-13,15H,4-6,8-9,11H2,1-3H3/q+1. The van der Waals surface area contributed by atoms with Crippen LogP contribution in [-0.4, -0.2) is 13.1 Å². The highest BCUT2D eigenvalue weighted by Crippen LogP contribution is 2.33. The lowest BCUT2D eigenvalue weighted by Crippen LogP contribution is -2.46. The highest BCUT2D eigenvalue weighted by Gasteiger charge is 2.33. The molecule has 0 N–H and O–H groups in total. The summed E-state index contributed by atoms with van der Waals surface area (Å²) < 4.78 is 8.66. The first-order valence-electron chi connectivity index (χ1n) is 8.77. The first-order chi connectivity index (χ1) is 10.6. The summed E-state index contributed by atoms with van der Waals surface area (Å²) >= 11 is 0. The average Bonchev–Trinajstić information content (AvgIpc) is 2.50. The number of fused-ring (bicyclic) bond motifs is 2. The summed E-state index contributed by atoms with van der Waals surface area (Å²) in [5.41, 5.74) is 4.40. The normalized spacial score (nSPS) is 22.5. The van der Waals surface area contributed by atoms with E-state index in [1.807, 2.05) is 6.26 Å². The smallest absolute Gasteiger partial charge is 0.210 e. The van der Waals surface area contributed by atoms with E-state index >= 15 is 0 Å². The number of ether oxygens (including phenoxy) is 1. The predicted molar refractivity (Wildman–Crippen MR) is 90.6 cm³/mol. The molecule has 4 rings (SSSR count). The topological polar surface area (TPSA) is 12.2 Å². The molecule has 3 aliphatic heterocycles. The van der Waals surface area contributed by atoms with E-state index in [0.717, 1.165) is 11.7 Å². The summed E-state index contributed by atoms with van der Waals surface area (Å²) in [5.74, 6) is 2.53. The van der Waals surface area contributed by atoms with E-state index in [9.17, 15) is 0 Å². The molecule has 2 heteroatoms. The zero-order chi connectivity index (χ0) is 15.3. The lowest BCUT2D eigenvalue weighted by molar-refractivity contribution is 0.378. The largest absolute Gasteiger partial charge is 0.464 e. The summed E-state index contributed by atoms with van der Waals surface area (Å²) in [6, 6.07) is 2.40. The molecular weight excluding hydrogens is 270 g/mol. The zero-order valence-electron chi connectivity index (χ0n) is 14.0. The van der Waals surface area contributed by atoms with Crippen molar-refractivity contribution in [3.63, 3.8) is 0 Å². The van der Waals surface area contributed by atoms with Gasteiger partial charge in [0.1, 0.15) is 18.8 Å². The third-order valence-electron chi connectivity index (χ3n) is 5.40. The fourth-order valence-electron chi connectivity index (χ4n) is 4.45. The molecule has 2 nitrogen and oxygen atoms in total. The van der Waals surface area contributed by atoms with E-state index in [1.165, 1.54) is 60.5 Å². The maximum atomic E-state index is 6.05. The highest BCUT2D eigenvalue weighted by atomic mass is 16.5. The SMILES string of the molecule is CC1=c2cc3c4c(c2OC=C1)C(CC(C)C)CC[N+]=4CCC3. The molecule has 0 amide bonds. The van der Waals surface area contributed by atoms with Gasteiger partial charge in [-0.2, -0.15) is 0 Å². The molecular formula is C20H26NO+. The molecule has 0 saturated heterocycles. The molecule has 0 spiro atoms. The van der Waals surface area contributed by atoms with E-state index in [2.05, 4.69) is 37.5 Å². The van der Waals surface area contributed by atoms with Crippen LogP contribution in [0, 0.1) is 5.92 Å². The number of aryl methyl sites for hydroxylation is 1. The summed E-state index contributed by atoms with van der Waals surface area (Å²) in [6.45, 7) is 9.32. The molecule has 0 saturated carbocycles. The van der Waals surface area contributed by atoms with Gasteiger partial charge in [0.05, 0.1) is 11.8 Å². The third-order valence-corrected chi connectivity index (χ3v) is 5.40. The van der Waals surface area contributed by atoms with E-state index in [1.54, 1.807) is 5.56 Å². The fourth-order valence-corrected chi connectivity index (χ4v) is 4.45. The minimum Gasteiger partial charge on any atom is -0.464 e. The first-order valence-corrected chi connectivity index (χ1v) is 8.77. The molecule has 0 aromatic heterocycles. The van der Waals surface area contributed by atoms with Gasteiger partial charge < -0.3 is 4.74 Å². The van der Waals surface area contributed by atoms with Crippen molar-refractivity contribution in [1.29, 1.82) is 0 Å². The maximum absolute atomic E-state index is 6.05. The fraction of sp³-hybridized carbons (Fsp3) is 0.550. The van der Waals surface area contributed by atoms with Gasteiger partial charge >= 0.3 is 0 Å². The van der Waals surface area contributed by atoms with Crippen molar-refractivity contribution >= 4 is 5.57 Å².